The number of hydrogen-bond acceptors (Lipinski definition) is 7. The van der Waals surface area contributed by atoms with E-state index < -0.39 is 5.92 Å². The minimum Gasteiger partial charge on any atom is -0.380 e. The highest BCUT2D eigenvalue weighted by Gasteiger charge is 2.32. The van der Waals surface area contributed by atoms with E-state index in [9.17, 15) is 4.79 Å². The summed E-state index contributed by atoms with van der Waals surface area (Å²) < 4.78 is 16.3. The minimum absolute atomic E-state index is 0.102. The van der Waals surface area contributed by atoms with Gasteiger partial charge in [-0.2, -0.15) is 4.98 Å². The molecule has 7 heteroatoms. The zero-order chi connectivity index (χ0) is 14.8. The van der Waals surface area contributed by atoms with Crippen molar-refractivity contribution < 1.29 is 18.8 Å². The standard InChI is InChI=1S/C14H21N3O4/c1-9(2)17-4-6-20-12(7-17)13-15-14(21-16-13)10-8-19-5-3-11(10)18/h9-10,12H,3-8H2,1-2H3. The molecule has 2 aliphatic heterocycles. The number of aromatic nitrogens is 2. The van der Waals surface area contributed by atoms with Gasteiger partial charge in [0.15, 0.2) is 0 Å². The second kappa shape index (κ2) is 6.21. The number of rotatable bonds is 3. The molecule has 3 rings (SSSR count). The third-order valence-corrected chi connectivity index (χ3v) is 4.04. The maximum atomic E-state index is 11.9. The normalized spacial score (nSPS) is 28.2. The molecule has 0 aromatic carbocycles. The molecular formula is C14H21N3O4. The van der Waals surface area contributed by atoms with Crippen LogP contribution in [-0.4, -0.2) is 59.8 Å². The summed E-state index contributed by atoms with van der Waals surface area (Å²) in [6.45, 7) is 7.41. The number of Topliss-reactive ketones (excluding diaryl/α,β-unsaturated/α-hetero) is 1. The van der Waals surface area contributed by atoms with Gasteiger partial charge >= 0.3 is 0 Å². The van der Waals surface area contributed by atoms with Crippen molar-refractivity contribution in [2.45, 2.75) is 38.3 Å². The highest BCUT2D eigenvalue weighted by molar-refractivity contribution is 5.85. The minimum atomic E-state index is -0.426. The van der Waals surface area contributed by atoms with Crippen LogP contribution >= 0.6 is 0 Å². The third-order valence-electron chi connectivity index (χ3n) is 4.04. The molecule has 0 bridgehead atoms. The lowest BCUT2D eigenvalue weighted by Crippen LogP contribution is -2.42. The Morgan fingerprint density at radius 1 is 1.33 bits per heavy atom. The first kappa shape index (κ1) is 14.6. The first-order valence-corrected chi connectivity index (χ1v) is 7.44. The molecule has 0 radical (unpaired) electrons. The molecule has 0 amide bonds. The van der Waals surface area contributed by atoms with Gasteiger partial charge in [-0.05, 0) is 13.8 Å². The first-order chi connectivity index (χ1) is 10.1. The van der Waals surface area contributed by atoms with Crippen molar-refractivity contribution in [2.24, 2.45) is 0 Å². The molecule has 2 saturated heterocycles. The largest absolute Gasteiger partial charge is 0.380 e. The Morgan fingerprint density at radius 2 is 2.19 bits per heavy atom. The summed E-state index contributed by atoms with van der Waals surface area (Å²) in [6, 6.07) is 0.455. The molecule has 0 aliphatic carbocycles. The number of morpholine rings is 1. The molecule has 0 saturated carbocycles. The average Bonchev–Trinajstić information content (AvgIpc) is 2.97. The van der Waals surface area contributed by atoms with Crippen LogP contribution in [0.5, 0.6) is 0 Å². The SMILES string of the molecule is CC(C)N1CCOC(c2noc(C3COCCC3=O)n2)C1. The van der Waals surface area contributed by atoms with Crippen molar-refractivity contribution >= 4 is 5.78 Å². The topological polar surface area (TPSA) is 77.7 Å². The van der Waals surface area contributed by atoms with Crippen molar-refractivity contribution in [3.63, 3.8) is 0 Å². The molecule has 116 valence electrons. The number of carbonyl (C=O) groups excluding carboxylic acids is 1. The molecule has 0 spiro atoms. The number of ketones is 1. The van der Waals surface area contributed by atoms with E-state index in [1.165, 1.54) is 0 Å². The molecular weight excluding hydrogens is 274 g/mol. The van der Waals surface area contributed by atoms with E-state index in [-0.39, 0.29) is 11.9 Å². The Balaban J connectivity index is 1.71. The van der Waals surface area contributed by atoms with Gasteiger partial charge in [0, 0.05) is 25.6 Å². The highest BCUT2D eigenvalue weighted by atomic mass is 16.5. The van der Waals surface area contributed by atoms with Crippen LogP contribution in [0.2, 0.25) is 0 Å². The van der Waals surface area contributed by atoms with Crippen LogP contribution in [-0.2, 0) is 14.3 Å². The number of ether oxygens (including phenoxy) is 2. The Kier molecular flexibility index (Phi) is 4.32. The highest BCUT2D eigenvalue weighted by Crippen LogP contribution is 2.25. The summed E-state index contributed by atoms with van der Waals surface area (Å²) >= 11 is 0. The molecule has 2 unspecified atom stereocenters. The van der Waals surface area contributed by atoms with E-state index in [0.29, 0.717) is 44.0 Å². The van der Waals surface area contributed by atoms with Gasteiger partial charge in [0.2, 0.25) is 11.7 Å². The van der Waals surface area contributed by atoms with Crippen LogP contribution in [0.3, 0.4) is 0 Å². The van der Waals surface area contributed by atoms with E-state index in [2.05, 4.69) is 28.9 Å². The van der Waals surface area contributed by atoms with Crippen molar-refractivity contribution in [3.05, 3.63) is 11.7 Å². The smallest absolute Gasteiger partial charge is 0.239 e. The van der Waals surface area contributed by atoms with E-state index >= 15 is 0 Å². The fraction of sp³-hybridized carbons (Fsp3) is 0.786. The number of nitrogens with zero attached hydrogens (tertiary/aromatic N) is 3. The van der Waals surface area contributed by atoms with E-state index in [4.69, 9.17) is 14.0 Å². The number of carbonyl (C=O) groups is 1. The zero-order valence-corrected chi connectivity index (χ0v) is 12.4. The molecule has 1 aromatic rings. The molecule has 1 aromatic heterocycles. The lowest BCUT2D eigenvalue weighted by molar-refractivity contribution is -0.127. The summed E-state index contributed by atoms with van der Waals surface area (Å²) in [5.74, 6) is 0.545. The van der Waals surface area contributed by atoms with Crippen LogP contribution in [0.15, 0.2) is 4.52 Å². The Labute approximate surface area is 123 Å². The van der Waals surface area contributed by atoms with Crippen LogP contribution in [0, 0.1) is 0 Å². The second-order valence-corrected chi connectivity index (χ2v) is 5.78. The van der Waals surface area contributed by atoms with E-state index in [1.54, 1.807) is 0 Å². The molecule has 2 fully saturated rings. The number of hydrogen-bond donors (Lipinski definition) is 0. The van der Waals surface area contributed by atoms with Crippen molar-refractivity contribution in [2.75, 3.05) is 32.9 Å². The van der Waals surface area contributed by atoms with Gasteiger partial charge in [-0.25, -0.2) is 0 Å². The van der Waals surface area contributed by atoms with Gasteiger partial charge < -0.3 is 14.0 Å². The predicted octanol–water partition coefficient (Wildman–Crippen LogP) is 0.924. The van der Waals surface area contributed by atoms with Gasteiger partial charge in [-0.1, -0.05) is 5.16 Å². The summed E-state index contributed by atoms with van der Waals surface area (Å²) in [6.07, 6.45) is 0.210. The molecule has 2 atom stereocenters. The molecule has 2 aliphatic rings. The molecule has 7 nitrogen and oxygen atoms in total. The Bertz CT molecular complexity index is 502. The maximum Gasteiger partial charge on any atom is 0.239 e. The predicted molar refractivity (Wildman–Crippen MR) is 72.9 cm³/mol. The molecule has 0 N–H and O–H groups in total. The lowest BCUT2D eigenvalue weighted by atomic mass is 10.0. The summed E-state index contributed by atoms with van der Waals surface area (Å²) in [5, 5.41) is 4.00. The average molecular weight is 295 g/mol. The van der Waals surface area contributed by atoms with E-state index in [1.807, 2.05) is 0 Å². The summed E-state index contributed by atoms with van der Waals surface area (Å²) in [5.41, 5.74) is 0. The summed E-state index contributed by atoms with van der Waals surface area (Å²) in [7, 11) is 0. The van der Waals surface area contributed by atoms with Crippen molar-refractivity contribution in [1.82, 2.24) is 15.0 Å². The summed E-state index contributed by atoms with van der Waals surface area (Å²) in [4.78, 5) is 18.6. The van der Waals surface area contributed by atoms with Crippen LogP contribution < -0.4 is 0 Å². The Morgan fingerprint density at radius 3 is 2.95 bits per heavy atom. The second-order valence-electron chi connectivity index (χ2n) is 5.78. The fourth-order valence-electron chi connectivity index (χ4n) is 2.66. The van der Waals surface area contributed by atoms with Crippen LogP contribution in [0.4, 0.5) is 0 Å². The third kappa shape index (κ3) is 3.14. The molecule has 21 heavy (non-hydrogen) atoms. The van der Waals surface area contributed by atoms with Crippen LogP contribution in [0.1, 0.15) is 44.0 Å². The Hall–Kier alpha value is -1.31. The quantitative estimate of drug-likeness (QED) is 0.820. The fourth-order valence-corrected chi connectivity index (χ4v) is 2.66. The molecule has 3 heterocycles. The van der Waals surface area contributed by atoms with Gasteiger partial charge in [0.25, 0.3) is 0 Å². The maximum absolute atomic E-state index is 11.9. The first-order valence-electron chi connectivity index (χ1n) is 7.44. The van der Waals surface area contributed by atoms with Crippen molar-refractivity contribution in [1.29, 1.82) is 0 Å². The lowest BCUT2D eigenvalue weighted by Gasteiger charge is -2.34. The van der Waals surface area contributed by atoms with Gasteiger partial charge in [0.05, 0.1) is 19.8 Å². The van der Waals surface area contributed by atoms with Gasteiger partial charge in [-0.15, -0.1) is 0 Å². The van der Waals surface area contributed by atoms with Crippen LogP contribution in [0.25, 0.3) is 0 Å². The van der Waals surface area contributed by atoms with Crippen molar-refractivity contribution in [3.8, 4) is 0 Å². The van der Waals surface area contributed by atoms with E-state index in [0.717, 1.165) is 13.1 Å². The van der Waals surface area contributed by atoms with Gasteiger partial charge in [-0.3, -0.25) is 9.69 Å². The zero-order valence-electron chi connectivity index (χ0n) is 12.4. The monoisotopic (exact) mass is 295 g/mol. The van der Waals surface area contributed by atoms with Gasteiger partial charge in [0.1, 0.15) is 17.8 Å².